The summed E-state index contributed by atoms with van der Waals surface area (Å²) >= 11 is 1.59. The molecular weight excluding hydrogens is 313 g/mol. The first-order valence-electron chi connectivity index (χ1n) is 7.84. The van der Waals surface area contributed by atoms with E-state index in [2.05, 4.69) is 26.9 Å². The van der Waals surface area contributed by atoms with Crippen molar-refractivity contribution >= 4 is 11.3 Å². The van der Waals surface area contributed by atoms with E-state index in [1.165, 1.54) is 0 Å². The third kappa shape index (κ3) is 5.54. The average Bonchev–Trinajstić information content (AvgIpc) is 3.14. The van der Waals surface area contributed by atoms with Crippen LogP contribution in [0.4, 0.5) is 4.39 Å². The molecule has 1 aliphatic heterocycles. The zero-order valence-electron chi connectivity index (χ0n) is 13.4. The van der Waals surface area contributed by atoms with E-state index in [1.54, 1.807) is 17.5 Å². The van der Waals surface area contributed by atoms with Crippen LogP contribution in [0.15, 0.2) is 11.6 Å². The Kier molecular flexibility index (Phi) is 6.91. The third-order valence-corrected chi connectivity index (χ3v) is 4.90. The molecule has 0 saturated carbocycles. The Labute approximate surface area is 141 Å². The molecule has 0 bridgehead atoms. The molecule has 1 saturated heterocycles. The van der Waals surface area contributed by atoms with Gasteiger partial charge in [-0.3, -0.25) is 4.90 Å². The zero-order chi connectivity index (χ0) is 16.7. The number of hydrogen-bond acceptors (Lipinski definition) is 6. The fraction of sp³-hybridized carbons (Fsp3) is 0.688. The molecule has 0 amide bonds. The highest BCUT2D eigenvalue weighted by Gasteiger charge is 2.33. The predicted octanol–water partition coefficient (Wildman–Crippen LogP) is 2.43. The van der Waals surface area contributed by atoms with Crippen molar-refractivity contribution in [1.82, 2.24) is 14.8 Å². The Hall–Kier alpha value is -1.54. The van der Waals surface area contributed by atoms with E-state index in [0.717, 1.165) is 11.6 Å². The topological polar surface area (TPSA) is 67.0 Å². The molecular formula is C16H22FN5S. The normalized spacial score (nSPS) is 22.8. The Bertz CT molecular complexity index is 550. The number of alkyl halides is 1. The Morgan fingerprint density at radius 1 is 1.57 bits per heavy atom. The summed E-state index contributed by atoms with van der Waals surface area (Å²) in [6, 6.07) is 4.49. The van der Waals surface area contributed by atoms with Gasteiger partial charge in [-0.05, 0) is 19.9 Å². The van der Waals surface area contributed by atoms with Gasteiger partial charge >= 0.3 is 0 Å². The maximum atomic E-state index is 13.8. The zero-order valence-corrected chi connectivity index (χ0v) is 14.2. The molecule has 0 N–H and O–H groups in total. The molecule has 7 heteroatoms. The van der Waals surface area contributed by atoms with E-state index in [1.807, 2.05) is 12.4 Å². The minimum absolute atomic E-state index is 0.144. The quantitative estimate of drug-likeness (QED) is 0.730. The minimum atomic E-state index is -0.793. The molecule has 23 heavy (non-hydrogen) atoms. The first kappa shape index (κ1) is 17.8. The second-order valence-electron chi connectivity index (χ2n) is 6.09. The molecule has 2 heterocycles. The van der Waals surface area contributed by atoms with Crippen molar-refractivity contribution < 1.29 is 4.39 Å². The van der Waals surface area contributed by atoms with Crippen LogP contribution in [-0.2, 0) is 6.54 Å². The lowest BCUT2D eigenvalue weighted by molar-refractivity contribution is 0.176. The summed E-state index contributed by atoms with van der Waals surface area (Å²) in [6.07, 6.45) is 2.51. The minimum Gasteiger partial charge on any atom is -0.304 e. The SMILES string of the molecule is CN(CC(C#N)CCC#N)C[C@@H]1C[C@H](F)CN1Cc1nccs1. The van der Waals surface area contributed by atoms with E-state index in [4.69, 9.17) is 10.5 Å². The van der Waals surface area contributed by atoms with Gasteiger partial charge in [-0.1, -0.05) is 0 Å². The molecule has 1 aromatic heterocycles. The fourth-order valence-electron chi connectivity index (χ4n) is 3.06. The third-order valence-electron chi connectivity index (χ3n) is 4.14. The van der Waals surface area contributed by atoms with Gasteiger partial charge in [-0.2, -0.15) is 10.5 Å². The van der Waals surface area contributed by atoms with E-state index in [0.29, 0.717) is 38.9 Å². The molecule has 0 radical (unpaired) electrons. The molecule has 0 spiro atoms. The van der Waals surface area contributed by atoms with Crippen LogP contribution in [0.25, 0.3) is 0 Å². The predicted molar refractivity (Wildman–Crippen MR) is 87.3 cm³/mol. The molecule has 0 aliphatic carbocycles. The van der Waals surface area contributed by atoms with E-state index >= 15 is 0 Å². The molecule has 0 aromatic carbocycles. The van der Waals surface area contributed by atoms with Gasteiger partial charge in [0.05, 0.1) is 24.6 Å². The molecule has 1 aliphatic rings. The van der Waals surface area contributed by atoms with Gasteiger partial charge in [0.2, 0.25) is 0 Å². The first-order valence-corrected chi connectivity index (χ1v) is 8.72. The van der Waals surface area contributed by atoms with Gasteiger partial charge in [0, 0.05) is 43.7 Å². The van der Waals surface area contributed by atoms with E-state index in [9.17, 15) is 4.39 Å². The van der Waals surface area contributed by atoms with Crippen molar-refractivity contribution in [2.45, 2.75) is 38.0 Å². The number of hydrogen-bond donors (Lipinski definition) is 0. The van der Waals surface area contributed by atoms with Crippen LogP contribution >= 0.6 is 11.3 Å². The van der Waals surface area contributed by atoms with Crippen LogP contribution < -0.4 is 0 Å². The smallest absolute Gasteiger partial charge is 0.114 e. The largest absolute Gasteiger partial charge is 0.304 e. The first-order chi connectivity index (χ1) is 11.1. The number of halogens is 1. The van der Waals surface area contributed by atoms with Gasteiger partial charge in [0.15, 0.2) is 0 Å². The number of thiazole rings is 1. The van der Waals surface area contributed by atoms with Gasteiger partial charge in [-0.25, -0.2) is 9.37 Å². The second-order valence-corrected chi connectivity index (χ2v) is 7.07. The van der Waals surface area contributed by atoms with Crippen molar-refractivity contribution in [3.05, 3.63) is 16.6 Å². The Balaban J connectivity index is 1.86. The van der Waals surface area contributed by atoms with E-state index < -0.39 is 6.17 Å². The molecule has 2 rings (SSSR count). The molecule has 1 aromatic rings. The van der Waals surface area contributed by atoms with Crippen LogP contribution in [0.3, 0.4) is 0 Å². The maximum Gasteiger partial charge on any atom is 0.114 e. The molecule has 124 valence electrons. The second kappa shape index (κ2) is 8.93. The highest BCUT2D eigenvalue weighted by atomic mass is 32.1. The Morgan fingerprint density at radius 3 is 3.04 bits per heavy atom. The van der Waals surface area contributed by atoms with Crippen LogP contribution in [0.1, 0.15) is 24.3 Å². The van der Waals surface area contributed by atoms with Crippen molar-refractivity contribution in [1.29, 1.82) is 10.5 Å². The van der Waals surface area contributed by atoms with Gasteiger partial charge in [0.25, 0.3) is 0 Å². The molecule has 3 atom stereocenters. The summed E-state index contributed by atoms with van der Waals surface area (Å²) in [5.74, 6) is -0.144. The number of likely N-dealkylation sites (N-methyl/N-ethyl adjacent to an activating group) is 1. The number of aromatic nitrogens is 1. The summed E-state index contributed by atoms with van der Waals surface area (Å²) in [4.78, 5) is 8.52. The van der Waals surface area contributed by atoms with Crippen LogP contribution in [0, 0.1) is 28.6 Å². The lowest BCUT2D eigenvalue weighted by Gasteiger charge is -2.28. The number of nitriles is 2. The molecule has 5 nitrogen and oxygen atoms in total. The highest BCUT2D eigenvalue weighted by molar-refractivity contribution is 7.09. The number of nitrogens with zero attached hydrogens (tertiary/aromatic N) is 5. The van der Waals surface area contributed by atoms with Crippen molar-refractivity contribution in [2.24, 2.45) is 5.92 Å². The Morgan fingerprint density at radius 2 is 2.39 bits per heavy atom. The van der Waals surface area contributed by atoms with Gasteiger partial charge in [0.1, 0.15) is 11.2 Å². The standard InChI is InChI=1S/C16H22FN5S/c1-21(9-13(8-19)3-2-4-18)11-15-7-14(17)10-22(15)12-16-20-5-6-23-16/h5-6,13-15H,2-3,7,9-12H2,1H3/t13?,14-,15-/m0/s1. The average molecular weight is 335 g/mol. The van der Waals surface area contributed by atoms with E-state index in [-0.39, 0.29) is 12.0 Å². The van der Waals surface area contributed by atoms with Gasteiger partial charge < -0.3 is 4.90 Å². The van der Waals surface area contributed by atoms with Crippen LogP contribution in [0.2, 0.25) is 0 Å². The van der Waals surface area contributed by atoms with Crippen LogP contribution in [0.5, 0.6) is 0 Å². The molecule has 1 fully saturated rings. The fourth-order valence-corrected chi connectivity index (χ4v) is 3.70. The van der Waals surface area contributed by atoms with Crippen LogP contribution in [-0.4, -0.2) is 53.7 Å². The summed E-state index contributed by atoms with van der Waals surface area (Å²) in [6.45, 7) is 2.49. The van der Waals surface area contributed by atoms with Crippen molar-refractivity contribution in [3.8, 4) is 12.1 Å². The lowest BCUT2D eigenvalue weighted by atomic mass is 10.0. The monoisotopic (exact) mass is 335 g/mol. The summed E-state index contributed by atoms with van der Waals surface area (Å²) in [5, 5.41) is 20.7. The number of rotatable bonds is 8. The van der Waals surface area contributed by atoms with Gasteiger partial charge in [-0.15, -0.1) is 11.3 Å². The summed E-state index contributed by atoms with van der Waals surface area (Å²) in [7, 11) is 1.96. The summed E-state index contributed by atoms with van der Waals surface area (Å²) in [5.41, 5.74) is 0. The number of likely N-dealkylation sites (tertiary alicyclic amines) is 1. The lowest BCUT2D eigenvalue weighted by Crippen LogP contribution is -2.40. The van der Waals surface area contributed by atoms with Crippen molar-refractivity contribution in [3.63, 3.8) is 0 Å². The highest BCUT2D eigenvalue weighted by Crippen LogP contribution is 2.24. The van der Waals surface area contributed by atoms with Crippen molar-refractivity contribution in [2.75, 3.05) is 26.7 Å². The summed E-state index contributed by atoms with van der Waals surface area (Å²) < 4.78 is 13.8. The molecule has 1 unspecified atom stereocenters. The maximum absolute atomic E-state index is 13.8.